The van der Waals surface area contributed by atoms with Gasteiger partial charge in [-0.05, 0) is 32.7 Å². The van der Waals surface area contributed by atoms with Crippen molar-refractivity contribution in [1.29, 1.82) is 0 Å². The van der Waals surface area contributed by atoms with Crippen molar-refractivity contribution >= 4 is 0 Å². The monoisotopic (exact) mass is 252 g/mol. The summed E-state index contributed by atoms with van der Waals surface area (Å²) in [6.07, 6.45) is 6.04. The van der Waals surface area contributed by atoms with Crippen molar-refractivity contribution in [3.05, 3.63) is 11.7 Å². The third-order valence-corrected chi connectivity index (χ3v) is 3.46. The summed E-state index contributed by atoms with van der Waals surface area (Å²) in [5, 5.41) is 11.0. The van der Waals surface area contributed by atoms with E-state index in [4.69, 9.17) is 4.52 Å². The van der Waals surface area contributed by atoms with Crippen LogP contribution in [0.4, 0.5) is 0 Å². The molecule has 2 unspecified atom stereocenters. The van der Waals surface area contributed by atoms with Gasteiger partial charge in [0.25, 0.3) is 0 Å². The number of nitrogens with zero attached hydrogens (tertiary/aromatic N) is 2. The van der Waals surface area contributed by atoms with Gasteiger partial charge in [-0.3, -0.25) is 0 Å². The van der Waals surface area contributed by atoms with Crippen molar-refractivity contribution in [3.8, 4) is 0 Å². The Balaban J connectivity index is 1.60. The molecule has 1 fully saturated rings. The Morgan fingerprint density at radius 1 is 1.50 bits per heavy atom. The molecule has 0 saturated carbocycles. The minimum atomic E-state index is 0.536. The molecule has 102 valence electrons. The summed E-state index contributed by atoms with van der Waals surface area (Å²) in [6, 6.07) is 1.22. The highest BCUT2D eigenvalue weighted by Gasteiger charge is 2.15. The van der Waals surface area contributed by atoms with Crippen LogP contribution in [-0.2, 0) is 6.42 Å². The molecule has 0 spiro atoms. The fourth-order valence-electron chi connectivity index (χ4n) is 2.51. The quantitative estimate of drug-likeness (QED) is 0.802. The Morgan fingerprint density at radius 3 is 3.06 bits per heavy atom. The Labute approximate surface area is 109 Å². The lowest BCUT2D eigenvalue weighted by Crippen LogP contribution is -2.40. The molecular formula is C13H24N4O. The average Bonchev–Trinajstić information content (AvgIpc) is 2.76. The lowest BCUT2D eigenvalue weighted by molar-refractivity contribution is 0.344. The lowest BCUT2D eigenvalue weighted by Gasteiger charge is -2.26. The predicted octanol–water partition coefficient (Wildman–Crippen LogP) is 1.43. The van der Waals surface area contributed by atoms with Gasteiger partial charge in [-0.1, -0.05) is 11.6 Å². The van der Waals surface area contributed by atoms with E-state index in [-0.39, 0.29) is 0 Å². The molecule has 0 aliphatic carbocycles. The fraction of sp³-hybridized carbons (Fsp3) is 0.846. The van der Waals surface area contributed by atoms with Crippen LogP contribution in [0.3, 0.4) is 0 Å². The van der Waals surface area contributed by atoms with Gasteiger partial charge >= 0.3 is 0 Å². The molecule has 0 bridgehead atoms. The van der Waals surface area contributed by atoms with E-state index in [0.717, 1.165) is 18.8 Å². The molecule has 0 amide bonds. The second-order valence-corrected chi connectivity index (χ2v) is 5.22. The van der Waals surface area contributed by atoms with Crippen molar-refractivity contribution in [2.45, 2.75) is 58.0 Å². The van der Waals surface area contributed by atoms with Gasteiger partial charge in [0, 0.05) is 32.0 Å². The van der Waals surface area contributed by atoms with Gasteiger partial charge in [0.15, 0.2) is 5.82 Å². The summed E-state index contributed by atoms with van der Waals surface area (Å²) in [5.74, 6) is 1.44. The summed E-state index contributed by atoms with van der Waals surface area (Å²) >= 11 is 0. The number of rotatable bonds is 6. The minimum absolute atomic E-state index is 0.536. The third-order valence-electron chi connectivity index (χ3n) is 3.46. The topological polar surface area (TPSA) is 63.0 Å². The van der Waals surface area contributed by atoms with E-state index in [1.54, 1.807) is 0 Å². The lowest BCUT2D eigenvalue weighted by atomic mass is 9.99. The molecule has 0 radical (unpaired) electrons. The second kappa shape index (κ2) is 6.85. The smallest absolute Gasteiger partial charge is 0.223 e. The van der Waals surface area contributed by atoms with Gasteiger partial charge in [0.1, 0.15) is 0 Å². The maximum absolute atomic E-state index is 4.94. The first kappa shape index (κ1) is 13.5. The molecule has 1 aliphatic rings. The van der Waals surface area contributed by atoms with Gasteiger partial charge in [-0.15, -0.1) is 0 Å². The van der Waals surface area contributed by atoms with Crippen LogP contribution in [0.5, 0.6) is 0 Å². The van der Waals surface area contributed by atoms with Crippen molar-refractivity contribution in [1.82, 2.24) is 20.8 Å². The van der Waals surface area contributed by atoms with Gasteiger partial charge in [-0.2, -0.15) is 4.98 Å². The first-order chi connectivity index (χ1) is 8.74. The van der Waals surface area contributed by atoms with Gasteiger partial charge in [0.05, 0.1) is 0 Å². The Hall–Kier alpha value is -0.940. The maximum Gasteiger partial charge on any atom is 0.223 e. The van der Waals surface area contributed by atoms with E-state index < -0.39 is 0 Å². The Bertz CT molecular complexity index is 347. The zero-order chi connectivity index (χ0) is 12.8. The van der Waals surface area contributed by atoms with Crippen LogP contribution in [0.25, 0.3) is 0 Å². The molecular weight excluding hydrogens is 228 g/mol. The highest BCUT2D eigenvalue weighted by molar-refractivity contribution is 4.85. The van der Waals surface area contributed by atoms with Crippen molar-refractivity contribution < 1.29 is 4.52 Å². The summed E-state index contributed by atoms with van der Waals surface area (Å²) in [4.78, 5) is 4.19. The molecule has 2 heterocycles. The van der Waals surface area contributed by atoms with Crippen LogP contribution in [0.15, 0.2) is 4.52 Å². The number of nitrogens with one attached hydrogen (secondary N) is 2. The first-order valence-electron chi connectivity index (χ1n) is 7.00. The van der Waals surface area contributed by atoms with Crippen LogP contribution in [0, 0.1) is 6.92 Å². The summed E-state index contributed by atoms with van der Waals surface area (Å²) in [7, 11) is 0. The molecule has 5 heteroatoms. The van der Waals surface area contributed by atoms with E-state index in [9.17, 15) is 0 Å². The number of hydrogen-bond donors (Lipinski definition) is 2. The average molecular weight is 252 g/mol. The van der Waals surface area contributed by atoms with E-state index in [0.29, 0.717) is 18.0 Å². The highest BCUT2D eigenvalue weighted by atomic mass is 16.5. The highest BCUT2D eigenvalue weighted by Crippen LogP contribution is 2.11. The van der Waals surface area contributed by atoms with Crippen LogP contribution < -0.4 is 10.6 Å². The fourth-order valence-corrected chi connectivity index (χ4v) is 2.51. The molecule has 2 atom stereocenters. The number of hydrogen-bond acceptors (Lipinski definition) is 5. The molecule has 2 N–H and O–H groups in total. The van der Waals surface area contributed by atoms with Crippen molar-refractivity contribution in [2.24, 2.45) is 0 Å². The van der Waals surface area contributed by atoms with Crippen LogP contribution >= 0.6 is 0 Å². The molecule has 0 aromatic carbocycles. The van der Waals surface area contributed by atoms with Crippen molar-refractivity contribution in [2.75, 3.05) is 13.1 Å². The zero-order valence-corrected chi connectivity index (χ0v) is 11.4. The van der Waals surface area contributed by atoms with Crippen molar-refractivity contribution in [3.63, 3.8) is 0 Å². The normalized spacial score (nSPS) is 22.0. The SMILES string of the molecule is Cc1nc(CCNC(C)CC2CCCCN2)no1. The predicted molar refractivity (Wildman–Crippen MR) is 70.5 cm³/mol. The number of aromatic nitrogens is 2. The minimum Gasteiger partial charge on any atom is -0.340 e. The Kier molecular flexibility index (Phi) is 5.13. The summed E-state index contributed by atoms with van der Waals surface area (Å²) in [6.45, 7) is 6.16. The molecule has 18 heavy (non-hydrogen) atoms. The van der Waals surface area contributed by atoms with Crippen LogP contribution in [0.2, 0.25) is 0 Å². The molecule has 5 nitrogen and oxygen atoms in total. The third kappa shape index (κ3) is 4.38. The second-order valence-electron chi connectivity index (χ2n) is 5.22. The molecule has 1 saturated heterocycles. The van der Waals surface area contributed by atoms with Crippen LogP contribution in [-0.4, -0.2) is 35.3 Å². The maximum atomic E-state index is 4.94. The molecule has 1 aliphatic heterocycles. The van der Waals surface area contributed by atoms with E-state index in [1.807, 2.05) is 6.92 Å². The number of aryl methyl sites for hydroxylation is 1. The standard InChI is InChI=1S/C13H24N4O/c1-10(9-12-5-3-4-7-15-12)14-8-6-13-16-11(2)18-17-13/h10,12,14-15H,3-9H2,1-2H3. The van der Waals surface area contributed by atoms with Gasteiger partial charge in [0.2, 0.25) is 5.89 Å². The van der Waals surface area contributed by atoms with Crippen LogP contribution in [0.1, 0.15) is 44.3 Å². The zero-order valence-electron chi connectivity index (χ0n) is 11.4. The number of piperidine rings is 1. The summed E-state index contributed by atoms with van der Waals surface area (Å²) in [5.41, 5.74) is 0. The Morgan fingerprint density at radius 2 is 2.39 bits per heavy atom. The molecule has 2 rings (SSSR count). The van der Waals surface area contributed by atoms with E-state index >= 15 is 0 Å². The molecule has 1 aromatic heterocycles. The van der Waals surface area contributed by atoms with E-state index in [2.05, 4.69) is 27.7 Å². The first-order valence-corrected chi connectivity index (χ1v) is 7.00. The van der Waals surface area contributed by atoms with E-state index in [1.165, 1.54) is 32.2 Å². The molecule has 1 aromatic rings. The largest absolute Gasteiger partial charge is 0.340 e. The van der Waals surface area contributed by atoms with Gasteiger partial charge in [-0.25, -0.2) is 0 Å². The summed E-state index contributed by atoms with van der Waals surface area (Å²) < 4.78 is 4.94. The van der Waals surface area contributed by atoms with Gasteiger partial charge < -0.3 is 15.2 Å².